The number of fused-ring (bicyclic) bond motifs is 1. The molecular formula is C17H15Cl2N3O2. The summed E-state index contributed by atoms with van der Waals surface area (Å²) in [5.74, 6) is 0.186. The van der Waals surface area contributed by atoms with E-state index in [2.05, 4.69) is 10.3 Å². The van der Waals surface area contributed by atoms with Crippen molar-refractivity contribution < 1.29 is 9.53 Å². The van der Waals surface area contributed by atoms with E-state index in [1.807, 2.05) is 6.92 Å². The van der Waals surface area contributed by atoms with Crippen LogP contribution < -0.4 is 10.1 Å². The van der Waals surface area contributed by atoms with Crippen LogP contribution in [0.25, 0.3) is 5.65 Å². The molecule has 0 saturated carbocycles. The van der Waals surface area contributed by atoms with Crippen molar-refractivity contribution in [2.75, 3.05) is 12.4 Å². The van der Waals surface area contributed by atoms with Crippen LogP contribution in [0.4, 0.5) is 5.69 Å². The normalized spacial score (nSPS) is 10.9. The van der Waals surface area contributed by atoms with E-state index in [0.717, 1.165) is 5.56 Å². The number of aromatic nitrogens is 2. The molecule has 0 atom stereocenters. The molecule has 3 rings (SSSR count). The quantitative estimate of drug-likeness (QED) is 0.744. The maximum absolute atomic E-state index is 12.8. The number of anilines is 1. The van der Waals surface area contributed by atoms with Gasteiger partial charge in [0.25, 0.3) is 5.91 Å². The van der Waals surface area contributed by atoms with Crippen molar-refractivity contribution in [3.8, 4) is 5.75 Å². The van der Waals surface area contributed by atoms with E-state index in [1.54, 1.807) is 41.8 Å². The molecule has 5 nitrogen and oxygen atoms in total. The molecule has 1 aromatic carbocycles. The highest BCUT2D eigenvalue weighted by atomic mass is 35.5. The summed E-state index contributed by atoms with van der Waals surface area (Å²) in [4.78, 5) is 17.2. The fraction of sp³-hybridized carbons (Fsp3) is 0.176. The van der Waals surface area contributed by atoms with Gasteiger partial charge in [-0.1, -0.05) is 23.2 Å². The molecule has 2 aromatic heterocycles. The molecular weight excluding hydrogens is 349 g/mol. The highest BCUT2D eigenvalue weighted by molar-refractivity contribution is 6.31. The number of pyridine rings is 1. The molecule has 1 N–H and O–H groups in total. The van der Waals surface area contributed by atoms with Crippen LogP contribution in [0, 0.1) is 13.8 Å². The number of carbonyl (C=O) groups excluding carboxylic acids is 1. The number of amides is 1. The number of carbonyl (C=O) groups is 1. The van der Waals surface area contributed by atoms with Gasteiger partial charge in [-0.3, -0.25) is 9.20 Å². The van der Waals surface area contributed by atoms with Crippen LogP contribution >= 0.6 is 23.2 Å². The molecule has 1 amide bonds. The Balaban J connectivity index is 2.04. The molecule has 0 spiro atoms. The van der Waals surface area contributed by atoms with Gasteiger partial charge in [-0.25, -0.2) is 4.98 Å². The third-order valence-corrected chi connectivity index (χ3v) is 4.33. The van der Waals surface area contributed by atoms with E-state index in [9.17, 15) is 4.79 Å². The molecule has 0 aliphatic rings. The smallest absolute Gasteiger partial charge is 0.274 e. The van der Waals surface area contributed by atoms with Crippen molar-refractivity contribution in [1.29, 1.82) is 0 Å². The first kappa shape index (κ1) is 16.6. The van der Waals surface area contributed by atoms with E-state index in [0.29, 0.717) is 38.5 Å². The lowest BCUT2D eigenvalue weighted by Crippen LogP contribution is -2.16. The average Bonchev–Trinajstić information content (AvgIpc) is 2.85. The summed E-state index contributed by atoms with van der Waals surface area (Å²) < 4.78 is 6.96. The molecule has 0 aliphatic carbocycles. The van der Waals surface area contributed by atoms with Gasteiger partial charge < -0.3 is 10.1 Å². The monoisotopic (exact) mass is 363 g/mol. The highest BCUT2D eigenvalue weighted by Gasteiger charge is 2.19. The molecule has 124 valence electrons. The second kappa shape index (κ2) is 6.34. The number of nitrogens with one attached hydrogen (secondary N) is 1. The van der Waals surface area contributed by atoms with Crippen molar-refractivity contribution in [3.63, 3.8) is 0 Å². The zero-order valence-electron chi connectivity index (χ0n) is 13.4. The molecule has 0 saturated heterocycles. The maximum Gasteiger partial charge on any atom is 0.274 e. The minimum absolute atomic E-state index is 0.303. The molecule has 24 heavy (non-hydrogen) atoms. The Kier molecular flexibility index (Phi) is 4.39. The van der Waals surface area contributed by atoms with Gasteiger partial charge in [-0.15, -0.1) is 0 Å². The van der Waals surface area contributed by atoms with Crippen molar-refractivity contribution in [1.82, 2.24) is 9.38 Å². The minimum Gasteiger partial charge on any atom is -0.495 e. The number of aryl methyl sites for hydroxylation is 2. The summed E-state index contributed by atoms with van der Waals surface area (Å²) in [5, 5.41) is 3.95. The zero-order chi connectivity index (χ0) is 17.4. The van der Waals surface area contributed by atoms with Gasteiger partial charge in [0, 0.05) is 17.3 Å². The highest BCUT2D eigenvalue weighted by Crippen LogP contribution is 2.31. The zero-order valence-corrected chi connectivity index (χ0v) is 14.9. The van der Waals surface area contributed by atoms with Crippen molar-refractivity contribution in [2.24, 2.45) is 0 Å². The SMILES string of the molecule is COc1cc(Cl)c(C)cc1NC(=O)c1c(C)nc2ccc(Cl)cn12. The Morgan fingerprint density at radius 1 is 1.25 bits per heavy atom. The number of halogens is 2. The summed E-state index contributed by atoms with van der Waals surface area (Å²) in [6.45, 7) is 3.64. The van der Waals surface area contributed by atoms with Crippen LogP contribution in [-0.4, -0.2) is 22.4 Å². The molecule has 2 heterocycles. The van der Waals surface area contributed by atoms with Gasteiger partial charge in [0.2, 0.25) is 0 Å². The lowest BCUT2D eigenvalue weighted by Gasteiger charge is -2.12. The first-order valence-corrected chi connectivity index (χ1v) is 7.96. The first-order chi connectivity index (χ1) is 11.4. The fourth-order valence-corrected chi connectivity index (χ4v) is 2.84. The molecule has 0 unspecified atom stereocenters. The van der Waals surface area contributed by atoms with E-state index in [1.165, 1.54) is 7.11 Å². The number of hydrogen-bond acceptors (Lipinski definition) is 3. The van der Waals surface area contributed by atoms with Gasteiger partial charge in [0.1, 0.15) is 17.1 Å². The summed E-state index contributed by atoms with van der Waals surface area (Å²) in [7, 11) is 1.52. The Bertz CT molecular complexity index is 951. The standard InChI is InChI=1S/C17H15Cl2N3O2/c1-9-6-13(14(24-3)7-12(9)19)21-17(23)16-10(2)20-15-5-4-11(18)8-22(15)16/h4-8H,1-3H3,(H,21,23). The predicted molar refractivity (Wildman–Crippen MR) is 95.6 cm³/mol. The summed E-state index contributed by atoms with van der Waals surface area (Å²) >= 11 is 12.1. The Morgan fingerprint density at radius 2 is 2.00 bits per heavy atom. The van der Waals surface area contributed by atoms with E-state index in [-0.39, 0.29) is 5.91 Å². The van der Waals surface area contributed by atoms with Crippen LogP contribution in [-0.2, 0) is 0 Å². The van der Waals surface area contributed by atoms with Gasteiger partial charge in [-0.05, 0) is 37.6 Å². The number of methoxy groups -OCH3 is 1. The summed E-state index contributed by atoms with van der Waals surface area (Å²) in [5.41, 5.74) is 3.06. The summed E-state index contributed by atoms with van der Waals surface area (Å²) in [6, 6.07) is 6.94. The number of hydrogen-bond donors (Lipinski definition) is 1. The predicted octanol–water partition coefficient (Wildman–Crippen LogP) is 4.52. The number of benzene rings is 1. The van der Waals surface area contributed by atoms with E-state index < -0.39 is 0 Å². The van der Waals surface area contributed by atoms with Gasteiger partial charge in [0.15, 0.2) is 0 Å². The molecule has 0 radical (unpaired) electrons. The van der Waals surface area contributed by atoms with E-state index in [4.69, 9.17) is 27.9 Å². The number of rotatable bonds is 3. The molecule has 7 heteroatoms. The molecule has 0 aliphatic heterocycles. The molecule has 0 fully saturated rings. The van der Waals surface area contributed by atoms with Crippen LogP contribution in [0.15, 0.2) is 30.5 Å². The maximum atomic E-state index is 12.8. The second-order valence-corrected chi connectivity index (χ2v) is 6.22. The van der Waals surface area contributed by atoms with Crippen LogP contribution in [0.1, 0.15) is 21.7 Å². The first-order valence-electron chi connectivity index (χ1n) is 7.20. The van der Waals surface area contributed by atoms with Crippen LogP contribution in [0.3, 0.4) is 0 Å². The fourth-order valence-electron chi connectivity index (χ4n) is 2.52. The van der Waals surface area contributed by atoms with Gasteiger partial charge >= 0.3 is 0 Å². The topological polar surface area (TPSA) is 55.6 Å². The third kappa shape index (κ3) is 2.92. The summed E-state index contributed by atoms with van der Waals surface area (Å²) in [6.07, 6.45) is 1.66. The lowest BCUT2D eigenvalue weighted by atomic mass is 10.2. The molecule has 0 bridgehead atoms. The number of imidazole rings is 1. The van der Waals surface area contributed by atoms with Crippen LogP contribution in [0.5, 0.6) is 5.75 Å². The van der Waals surface area contributed by atoms with Gasteiger partial charge in [0.05, 0.1) is 23.5 Å². The van der Waals surface area contributed by atoms with Crippen molar-refractivity contribution >= 4 is 40.4 Å². The third-order valence-electron chi connectivity index (χ3n) is 3.70. The lowest BCUT2D eigenvalue weighted by molar-refractivity contribution is 0.102. The van der Waals surface area contributed by atoms with Gasteiger partial charge in [-0.2, -0.15) is 0 Å². The Morgan fingerprint density at radius 3 is 2.71 bits per heavy atom. The average molecular weight is 364 g/mol. The second-order valence-electron chi connectivity index (χ2n) is 5.38. The largest absolute Gasteiger partial charge is 0.495 e. The van der Waals surface area contributed by atoms with Crippen molar-refractivity contribution in [2.45, 2.75) is 13.8 Å². The number of ether oxygens (including phenoxy) is 1. The Labute approximate surface area is 149 Å². The minimum atomic E-state index is -0.303. The number of nitrogens with zero attached hydrogens (tertiary/aromatic N) is 2. The van der Waals surface area contributed by atoms with Crippen LogP contribution in [0.2, 0.25) is 10.0 Å². The van der Waals surface area contributed by atoms with E-state index >= 15 is 0 Å². The molecule has 3 aromatic rings. The van der Waals surface area contributed by atoms with Crippen molar-refractivity contribution in [3.05, 3.63) is 57.5 Å². The Hall–Kier alpha value is -2.24.